The molecule has 2 aromatic heterocycles. The highest BCUT2D eigenvalue weighted by atomic mass is 16.5. The summed E-state index contributed by atoms with van der Waals surface area (Å²) < 4.78 is 11.1. The summed E-state index contributed by atoms with van der Waals surface area (Å²) in [5.74, 6) is 2.01. The lowest BCUT2D eigenvalue weighted by molar-refractivity contribution is -0.127. The van der Waals surface area contributed by atoms with E-state index in [4.69, 9.17) is 9.47 Å². The van der Waals surface area contributed by atoms with Crippen molar-refractivity contribution < 1.29 is 14.3 Å². The lowest BCUT2D eigenvalue weighted by atomic mass is 9.79. The van der Waals surface area contributed by atoms with Gasteiger partial charge in [-0.2, -0.15) is 5.10 Å². The summed E-state index contributed by atoms with van der Waals surface area (Å²) in [6.45, 7) is 4.52. The summed E-state index contributed by atoms with van der Waals surface area (Å²) in [5.41, 5.74) is 4.73. The van der Waals surface area contributed by atoms with Gasteiger partial charge >= 0.3 is 0 Å². The minimum Gasteiger partial charge on any atom is -0.493 e. The Labute approximate surface area is 194 Å². The number of rotatable bonds is 8. The second-order valence-electron chi connectivity index (χ2n) is 8.76. The molecule has 0 radical (unpaired) electrons. The van der Waals surface area contributed by atoms with E-state index in [2.05, 4.69) is 33.5 Å². The molecule has 1 aliphatic rings. The lowest BCUT2D eigenvalue weighted by Gasteiger charge is -2.29. The van der Waals surface area contributed by atoms with Gasteiger partial charge in [-0.1, -0.05) is 12.1 Å². The van der Waals surface area contributed by atoms with Crippen molar-refractivity contribution in [3.63, 3.8) is 0 Å². The first kappa shape index (κ1) is 22.8. The third-order valence-electron chi connectivity index (χ3n) is 6.54. The molecular formula is C26H32N4O3. The predicted octanol–water partition coefficient (Wildman–Crippen LogP) is 4.65. The zero-order valence-corrected chi connectivity index (χ0v) is 19.5. The summed E-state index contributed by atoms with van der Waals surface area (Å²) in [4.78, 5) is 16.8. The highest BCUT2D eigenvalue weighted by Crippen LogP contribution is 2.39. The van der Waals surface area contributed by atoms with E-state index in [0.717, 1.165) is 31.2 Å². The molecule has 33 heavy (non-hydrogen) atoms. The number of hydrogen-bond donors (Lipinski definition) is 2. The van der Waals surface area contributed by atoms with Crippen molar-refractivity contribution in [1.29, 1.82) is 0 Å². The standard InChI is InChI=1S/C26H32N4O3/c1-17-14-27-13-12-21(17)22-16-29-30-25(22)20-10-8-19(9-11-20)15-28-26(31)18(2)33-24-7-5-4-6-23(24)32-3/h4-7,12-14,16,18-20H,8-11,15H2,1-3H3,(H,28,31)(H,29,30)/t18-,19?,20?/m0/s1. The summed E-state index contributed by atoms with van der Waals surface area (Å²) in [6, 6.07) is 9.42. The molecule has 0 unspecified atom stereocenters. The molecule has 1 amide bonds. The van der Waals surface area contributed by atoms with Gasteiger partial charge < -0.3 is 14.8 Å². The van der Waals surface area contributed by atoms with Gasteiger partial charge in [-0.3, -0.25) is 14.9 Å². The molecule has 1 aromatic carbocycles. The van der Waals surface area contributed by atoms with Gasteiger partial charge in [-0.25, -0.2) is 0 Å². The smallest absolute Gasteiger partial charge is 0.260 e. The molecule has 2 N–H and O–H groups in total. The Hall–Kier alpha value is -3.35. The number of pyridine rings is 1. The molecule has 2 heterocycles. The molecule has 1 aliphatic carbocycles. The van der Waals surface area contributed by atoms with Crippen LogP contribution in [0.2, 0.25) is 0 Å². The Kier molecular flexibility index (Phi) is 7.27. The monoisotopic (exact) mass is 448 g/mol. The highest BCUT2D eigenvalue weighted by molar-refractivity contribution is 5.80. The highest BCUT2D eigenvalue weighted by Gasteiger charge is 2.27. The van der Waals surface area contributed by atoms with Crippen molar-refractivity contribution in [2.45, 2.75) is 51.6 Å². The Morgan fingerprint density at radius 3 is 2.61 bits per heavy atom. The van der Waals surface area contributed by atoms with E-state index in [-0.39, 0.29) is 5.91 Å². The van der Waals surface area contributed by atoms with Crippen LogP contribution in [0.15, 0.2) is 48.9 Å². The minimum absolute atomic E-state index is 0.105. The molecule has 3 aromatic rings. The molecule has 7 nitrogen and oxygen atoms in total. The van der Waals surface area contributed by atoms with Gasteiger partial charge in [0.05, 0.1) is 13.3 Å². The van der Waals surface area contributed by atoms with Crippen LogP contribution in [0, 0.1) is 12.8 Å². The Morgan fingerprint density at radius 2 is 1.88 bits per heavy atom. The fraction of sp³-hybridized carbons (Fsp3) is 0.423. The number of methoxy groups -OCH3 is 1. The molecule has 4 rings (SSSR count). The zero-order valence-electron chi connectivity index (χ0n) is 19.5. The minimum atomic E-state index is -0.589. The molecule has 7 heteroatoms. The number of hydrogen-bond acceptors (Lipinski definition) is 5. The van der Waals surface area contributed by atoms with Crippen LogP contribution in [-0.2, 0) is 4.79 Å². The first-order chi connectivity index (χ1) is 16.1. The van der Waals surface area contributed by atoms with Crippen molar-refractivity contribution >= 4 is 5.91 Å². The number of amides is 1. The number of carbonyl (C=O) groups excluding carboxylic acids is 1. The summed E-state index contributed by atoms with van der Waals surface area (Å²) in [6.07, 6.45) is 9.35. The fourth-order valence-corrected chi connectivity index (χ4v) is 4.60. The van der Waals surface area contributed by atoms with E-state index in [1.54, 1.807) is 20.1 Å². The molecule has 1 atom stereocenters. The van der Waals surface area contributed by atoms with E-state index < -0.39 is 6.10 Å². The van der Waals surface area contributed by atoms with Crippen LogP contribution >= 0.6 is 0 Å². The van der Waals surface area contributed by atoms with Gasteiger partial charge in [0.15, 0.2) is 17.6 Å². The Bertz CT molecular complexity index is 1070. The second-order valence-corrected chi connectivity index (χ2v) is 8.76. The molecule has 1 saturated carbocycles. The topological polar surface area (TPSA) is 89.1 Å². The largest absolute Gasteiger partial charge is 0.493 e. The number of H-pyrrole nitrogens is 1. The first-order valence-corrected chi connectivity index (χ1v) is 11.6. The molecule has 0 bridgehead atoms. The number of para-hydroxylation sites is 2. The normalized spacial score (nSPS) is 19.0. The average molecular weight is 449 g/mol. The average Bonchev–Trinajstić information content (AvgIpc) is 3.33. The second kappa shape index (κ2) is 10.5. The van der Waals surface area contributed by atoms with Crippen molar-refractivity contribution in [1.82, 2.24) is 20.5 Å². The molecular weight excluding hydrogens is 416 g/mol. The van der Waals surface area contributed by atoms with E-state index in [9.17, 15) is 4.79 Å². The van der Waals surface area contributed by atoms with Crippen LogP contribution in [0.4, 0.5) is 0 Å². The van der Waals surface area contributed by atoms with E-state index in [0.29, 0.717) is 29.9 Å². The fourth-order valence-electron chi connectivity index (χ4n) is 4.60. The van der Waals surface area contributed by atoms with Crippen LogP contribution < -0.4 is 14.8 Å². The number of nitrogens with zero attached hydrogens (tertiary/aromatic N) is 2. The van der Waals surface area contributed by atoms with E-state index in [1.165, 1.54) is 16.8 Å². The van der Waals surface area contributed by atoms with Crippen LogP contribution in [0.5, 0.6) is 11.5 Å². The Morgan fingerprint density at radius 1 is 1.12 bits per heavy atom. The zero-order chi connectivity index (χ0) is 23.2. The van der Waals surface area contributed by atoms with Gasteiger partial charge in [0.2, 0.25) is 0 Å². The van der Waals surface area contributed by atoms with Crippen LogP contribution in [0.3, 0.4) is 0 Å². The van der Waals surface area contributed by atoms with Crippen molar-refractivity contribution in [2.75, 3.05) is 13.7 Å². The maximum atomic E-state index is 12.6. The predicted molar refractivity (Wildman–Crippen MR) is 127 cm³/mol. The molecule has 174 valence electrons. The number of benzene rings is 1. The van der Waals surface area contributed by atoms with Crippen molar-refractivity contribution in [3.8, 4) is 22.6 Å². The molecule has 0 spiro atoms. The number of aryl methyl sites for hydroxylation is 1. The molecule has 0 saturated heterocycles. The summed E-state index contributed by atoms with van der Waals surface area (Å²) >= 11 is 0. The van der Waals surface area contributed by atoms with Crippen LogP contribution in [0.1, 0.15) is 49.8 Å². The van der Waals surface area contributed by atoms with E-state index in [1.807, 2.05) is 36.8 Å². The third kappa shape index (κ3) is 5.35. The lowest BCUT2D eigenvalue weighted by Crippen LogP contribution is -2.39. The quantitative estimate of drug-likeness (QED) is 0.524. The van der Waals surface area contributed by atoms with Gasteiger partial charge in [0.25, 0.3) is 5.91 Å². The van der Waals surface area contributed by atoms with Crippen LogP contribution in [-0.4, -0.2) is 40.8 Å². The number of carbonyl (C=O) groups is 1. The van der Waals surface area contributed by atoms with Gasteiger partial charge in [0, 0.05) is 36.1 Å². The summed E-state index contributed by atoms with van der Waals surface area (Å²) in [5, 5.41) is 10.7. The van der Waals surface area contributed by atoms with E-state index >= 15 is 0 Å². The van der Waals surface area contributed by atoms with Gasteiger partial charge in [0.1, 0.15) is 0 Å². The number of aromatic amines is 1. The molecule has 1 fully saturated rings. The van der Waals surface area contributed by atoms with Crippen molar-refractivity contribution in [3.05, 3.63) is 60.2 Å². The first-order valence-electron chi connectivity index (χ1n) is 11.6. The SMILES string of the molecule is COc1ccccc1O[C@@H](C)C(=O)NCC1CCC(c2[nH]ncc2-c2ccncc2C)CC1. The number of ether oxygens (including phenoxy) is 2. The third-order valence-corrected chi connectivity index (χ3v) is 6.54. The van der Waals surface area contributed by atoms with Gasteiger partial charge in [-0.15, -0.1) is 0 Å². The maximum absolute atomic E-state index is 12.6. The molecule has 0 aliphatic heterocycles. The van der Waals surface area contributed by atoms with Crippen molar-refractivity contribution in [2.24, 2.45) is 5.92 Å². The number of aromatic nitrogens is 3. The Balaban J connectivity index is 1.28. The van der Waals surface area contributed by atoms with Crippen LogP contribution in [0.25, 0.3) is 11.1 Å². The van der Waals surface area contributed by atoms with Gasteiger partial charge in [-0.05, 0) is 74.8 Å². The maximum Gasteiger partial charge on any atom is 0.260 e. The summed E-state index contributed by atoms with van der Waals surface area (Å²) in [7, 11) is 1.59. The number of nitrogens with one attached hydrogen (secondary N) is 2.